The van der Waals surface area contributed by atoms with Crippen LogP contribution in [0.2, 0.25) is 0 Å². The zero-order chi connectivity index (χ0) is 15.8. The van der Waals surface area contributed by atoms with Crippen molar-refractivity contribution in [3.8, 4) is 23.3 Å². The van der Waals surface area contributed by atoms with Crippen LogP contribution in [0.25, 0.3) is 0 Å². The van der Waals surface area contributed by atoms with Gasteiger partial charge in [0.25, 0.3) is 0 Å². The maximum atomic E-state index is 12.3. The van der Waals surface area contributed by atoms with Crippen molar-refractivity contribution in [1.82, 2.24) is 0 Å². The molecule has 6 nitrogen and oxygen atoms in total. The second-order valence-electron chi connectivity index (χ2n) is 5.32. The number of ketones is 1. The third-order valence-electron chi connectivity index (χ3n) is 3.04. The fourth-order valence-electron chi connectivity index (χ4n) is 2.29. The molecular weight excluding hydrogens is 274 g/mol. The SMILES string of the molecule is COc1cc2c(c(C#N)c1OC(C)=O)C(=O)CC(C)(C)O2. The Morgan fingerprint density at radius 1 is 1.48 bits per heavy atom. The van der Waals surface area contributed by atoms with Gasteiger partial charge in [-0.1, -0.05) is 0 Å². The first kappa shape index (κ1) is 14.9. The maximum Gasteiger partial charge on any atom is 0.308 e. The van der Waals surface area contributed by atoms with E-state index in [1.807, 2.05) is 6.07 Å². The van der Waals surface area contributed by atoms with E-state index in [2.05, 4.69) is 0 Å². The van der Waals surface area contributed by atoms with Gasteiger partial charge in [-0.15, -0.1) is 0 Å². The Labute approximate surface area is 122 Å². The highest BCUT2D eigenvalue weighted by Gasteiger charge is 2.37. The third kappa shape index (κ3) is 2.68. The number of hydrogen-bond donors (Lipinski definition) is 0. The molecule has 0 unspecified atom stereocenters. The molecule has 6 heteroatoms. The summed E-state index contributed by atoms with van der Waals surface area (Å²) in [5, 5.41) is 9.35. The summed E-state index contributed by atoms with van der Waals surface area (Å²) >= 11 is 0. The van der Waals surface area contributed by atoms with E-state index in [0.29, 0.717) is 0 Å². The molecule has 0 spiro atoms. The number of hydrogen-bond acceptors (Lipinski definition) is 6. The van der Waals surface area contributed by atoms with Gasteiger partial charge in [-0.05, 0) is 13.8 Å². The minimum Gasteiger partial charge on any atom is -0.493 e. The summed E-state index contributed by atoms with van der Waals surface area (Å²) in [5.41, 5.74) is -0.570. The molecule has 1 aromatic carbocycles. The standard InChI is InChI=1S/C15H15NO5/c1-8(17)20-14-9(7-16)13-10(18)6-15(2,3)21-11(13)5-12(14)19-4/h5H,6H2,1-4H3. The highest BCUT2D eigenvalue weighted by molar-refractivity contribution is 6.04. The van der Waals surface area contributed by atoms with E-state index in [1.165, 1.54) is 20.1 Å². The molecule has 1 aromatic rings. The molecule has 0 N–H and O–H groups in total. The van der Waals surface area contributed by atoms with Crippen LogP contribution in [0.4, 0.5) is 0 Å². The topological polar surface area (TPSA) is 85.6 Å². The summed E-state index contributed by atoms with van der Waals surface area (Å²) in [6, 6.07) is 3.37. The van der Waals surface area contributed by atoms with E-state index in [-0.39, 0.29) is 40.6 Å². The van der Waals surface area contributed by atoms with Gasteiger partial charge in [0.1, 0.15) is 23.0 Å². The molecule has 0 fully saturated rings. The molecule has 1 aliphatic heterocycles. The number of nitrogens with zero attached hydrogens (tertiary/aromatic N) is 1. The fourth-order valence-corrected chi connectivity index (χ4v) is 2.29. The Hall–Kier alpha value is -2.55. The number of benzene rings is 1. The molecule has 0 aromatic heterocycles. The minimum atomic E-state index is -0.662. The molecule has 0 radical (unpaired) electrons. The predicted octanol–water partition coefficient (Wildman–Crippen LogP) is 2.24. The molecule has 0 bridgehead atoms. The zero-order valence-corrected chi connectivity index (χ0v) is 12.3. The Morgan fingerprint density at radius 3 is 2.67 bits per heavy atom. The quantitative estimate of drug-likeness (QED) is 0.613. The van der Waals surface area contributed by atoms with Crippen LogP contribution in [0.1, 0.15) is 43.1 Å². The van der Waals surface area contributed by atoms with Crippen molar-refractivity contribution in [2.45, 2.75) is 32.8 Å². The minimum absolute atomic E-state index is 0.0416. The van der Waals surface area contributed by atoms with Crippen molar-refractivity contribution in [3.63, 3.8) is 0 Å². The van der Waals surface area contributed by atoms with Gasteiger partial charge < -0.3 is 14.2 Å². The Bertz CT molecular complexity index is 670. The van der Waals surface area contributed by atoms with E-state index in [9.17, 15) is 14.9 Å². The summed E-state index contributed by atoms with van der Waals surface area (Å²) in [6.45, 7) is 4.78. The third-order valence-corrected chi connectivity index (χ3v) is 3.04. The maximum absolute atomic E-state index is 12.3. The lowest BCUT2D eigenvalue weighted by molar-refractivity contribution is -0.132. The molecular formula is C15H15NO5. The first-order chi connectivity index (χ1) is 9.79. The lowest BCUT2D eigenvalue weighted by Crippen LogP contribution is -2.36. The average molecular weight is 289 g/mol. The van der Waals surface area contributed by atoms with Crippen LogP contribution < -0.4 is 14.2 Å². The second kappa shape index (κ2) is 5.09. The Kier molecular flexibility index (Phi) is 3.60. The summed E-state index contributed by atoms with van der Waals surface area (Å²) in [6.07, 6.45) is 0.139. The first-order valence-corrected chi connectivity index (χ1v) is 6.35. The largest absolute Gasteiger partial charge is 0.493 e. The fraction of sp³-hybridized carbons (Fsp3) is 0.400. The van der Waals surface area contributed by atoms with Gasteiger partial charge in [-0.3, -0.25) is 9.59 Å². The molecule has 21 heavy (non-hydrogen) atoms. The lowest BCUT2D eigenvalue weighted by Gasteiger charge is -2.32. The Morgan fingerprint density at radius 2 is 2.14 bits per heavy atom. The van der Waals surface area contributed by atoms with Crippen LogP contribution in [0.3, 0.4) is 0 Å². The van der Waals surface area contributed by atoms with Crippen molar-refractivity contribution < 1.29 is 23.8 Å². The van der Waals surface area contributed by atoms with E-state index in [0.717, 1.165) is 0 Å². The van der Waals surface area contributed by atoms with Crippen LogP contribution in [-0.2, 0) is 4.79 Å². The molecule has 110 valence electrons. The van der Waals surface area contributed by atoms with E-state index in [4.69, 9.17) is 14.2 Å². The van der Waals surface area contributed by atoms with Crippen molar-refractivity contribution >= 4 is 11.8 Å². The molecule has 0 atom stereocenters. The number of nitriles is 1. The second-order valence-corrected chi connectivity index (χ2v) is 5.32. The van der Waals surface area contributed by atoms with E-state index in [1.54, 1.807) is 13.8 Å². The zero-order valence-electron chi connectivity index (χ0n) is 12.3. The smallest absolute Gasteiger partial charge is 0.308 e. The number of esters is 1. The molecule has 1 aliphatic rings. The number of carbonyl (C=O) groups excluding carboxylic acids is 2. The molecule has 1 heterocycles. The van der Waals surface area contributed by atoms with Crippen molar-refractivity contribution in [3.05, 3.63) is 17.2 Å². The summed E-state index contributed by atoms with van der Waals surface area (Å²) in [7, 11) is 1.38. The van der Waals surface area contributed by atoms with Gasteiger partial charge in [0.2, 0.25) is 0 Å². The lowest BCUT2D eigenvalue weighted by atomic mass is 9.90. The van der Waals surface area contributed by atoms with Crippen molar-refractivity contribution in [2.75, 3.05) is 7.11 Å². The van der Waals surface area contributed by atoms with Crippen LogP contribution >= 0.6 is 0 Å². The van der Waals surface area contributed by atoms with Crippen LogP contribution in [-0.4, -0.2) is 24.5 Å². The van der Waals surface area contributed by atoms with E-state index >= 15 is 0 Å². The normalized spacial score (nSPS) is 15.5. The molecule has 0 saturated heterocycles. The number of Topliss-reactive ketones (excluding diaryl/α,β-unsaturated/α-hetero) is 1. The number of fused-ring (bicyclic) bond motifs is 1. The first-order valence-electron chi connectivity index (χ1n) is 6.35. The molecule has 0 amide bonds. The summed E-state index contributed by atoms with van der Waals surface area (Å²) in [5.74, 6) is -0.447. The predicted molar refractivity (Wildman–Crippen MR) is 72.7 cm³/mol. The van der Waals surface area contributed by atoms with Gasteiger partial charge in [0.05, 0.1) is 19.1 Å². The summed E-state index contributed by atoms with van der Waals surface area (Å²) < 4.78 is 15.9. The van der Waals surface area contributed by atoms with Gasteiger partial charge in [-0.2, -0.15) is 5.26 Å². The van der Waals surface area contributed by atoms with Gasteiger partial charge in [0.15, 0.2) is 17.3 Å². The van der Waals surface area contributed by atoms with Crippen LogP contribution in [0, 0.1) is 11.3 Å². The number of ether oxygens (including phenoxy) is 3. The van der Waals surface area contributed by atoms with Crippen LogP contribution in [0.5, 0.6) is 17.2 Å². The molecule has 0 aliphatic carbocycles. The van der Waals surface area contributed by atoms with Gasteiger partial charge in [0, 0.05) is 13.0 Å². The average Bonchev–Trinajstić information content (AvgIpc) is 2.36. The molecule has 2 rings (SSSR count). The highest BCUT2D eigenvalue weighted by atomic mass is 16.6. The number of rotatable bonds is 2. The number of carbonyl (C=O) groups is 2. The molecule has 0 saturated carbocycles. The Balaban J connectivity index is 2.73. The van der Waals surface area contributed by atoms with Gasteiger partial charge >= 0.3 is 5.97 Å². The summed E-state index contributed by atoms with van der Waals surface area (Å²) in [4.78, 5) is 23.5. The highest BCUT2D eigenvalue weighted by Crippen LogP contribution is 2.44. The van der Waals surface area contributed by atoms with Crippen molar-refractivity contribution in [2.24, 2.45) is 0 Å². The van der Waals surface area contributed by atoms with Gasteiger partial charge in [-0.25, -0.2) is 0 Å². The monoisotopic (exact) mass is 289 g/mol. The van der Waals surface area contributed by atoms with Crippen molar-refractivity contribution in [1.29, 1.82) is 5.26 Å². The number of methoxy groups -OCH3 is 1. The van der Waals surface area contributed by atoms with Crippen LogP contribution in [0.15, 0.2) is 6.07 Å². The van der Waals surface area contributed by atoms with E-state index < -0.39 is 11.6 Å².